The molecule has 0 radical (unpaired) electrons. The molecule has 0 bridgehead atoms. The van der Waals surface area contributed by atoms with Crippen molar-refractivity contribution in [3.05, 3.63) is 65.5 Å². The van der Waals surface area contributed by atoms with Crippen LogP contribution >= 0.6 is 0 Å². The molecule has 0 aromatic heterocycles. The molecule has 6 nitrogen and oxygen atoms in total. The quantitative estimate of drug-likeness (QED) is 0.785. The standard InChI is InChI=1S/C21H22FN3O3S/c22-19-6-4-18(5-7-19)21(26)25-12-9-16(10-13-25)8-11-24-29(27,28)20-3-1-2-17(14-20)15-23/h1-7,14,16,24H,8-13H2. The Hall–Kier alpha value is -2.76. The monoisotopic (exact) mass is 415 g/mol. The minimum atomic E-state index is -3.65. The molecule has 0 atom stereocenters. The second-order valence-corrected chi connectivity index (χ2v) is 8.84. The van der Waals surface area contributed by atoms with Crippen LogP contribution in [0.3, 0.4) is 0 Å². The van der Waals surface area contributed by atoms with E-state index in [1.807, 2.05) is 6.07 Å². The maximum absolute atomic E-state index is 13.0. The first-order chi connectivity index (χ1) is 13.9. The van der Waals surface area contributed by atoms with Crippen LogP contribution < -0.4 is 4.72 Å². The number of piperidine rings is 1. The first-order valence-corrected chi connectivity index (χ1v) is 10.9. The summed E-state index contributed by atoms with van der Waals surface area (Å²) in [4.78, 5) is 14.3. The topological polar surface area (TPSA) is 90.3 Å². The largest absolute Gasteiger partial charge is 0.339 e. The number of hydrogen-bond donors (Lipinski definition) is 1. The van der Waals surface area contributed by atoms with Crippen molar-refractivity contribution >= 4 is 15.9 Å². The van der Waals surface area contributed by atoms with Crippen LogP contribution in [0.2, 0.25) is 0 Å². The highest BCUT2D eigenvalue weighted by atomic mass is 32.2. The molecule has 29 heavy (non-hydrogen) atoms. The number of nitriles is 1. The molecular weight excluding hydrogens is 393 g/mol. The van der Waals surface area contributed by atoms with E-state index in [2.05, 4.69) is 4.72 Å². The van der Waals surface area contributed by atoms with Crippen LogP contribution in [-0.4, -0.2) is 38.9 Å². The van der Waals surface area contributed by atoms with E-state index in [4.69, 9.17) is 5.26 Å². The molecule has 1 aliphatic rings. The van der Waals surface area contributed by atoms with Crippen LogP contribution in [0, 0.1) is 23.1 Å². The van der Waals surface area contributed by atoms with Gasteiger partial charge in [0.1, 0.15) is 5.82 Å². The van der Waals surface area contributed by atoms with Crippen molar-refractivity contribution in [2.45, 2.75) is 24.2 Å². The van der Waals surface area contributed by atoms with Gasteiger partial charge >= 0.3 is 0 Å². The van der Waals surface area contributed by atoms with Crippen LogP contribution in [0.15, 0.2) is 53.4 Å². The number of halogens is 1. The zero-order chi connectivity index (χ0) is 20.9. The molecule has 1 amide bonds. The van der Waals surface area contributed by atoms with Crippen molar-refractivity contribution in [2.24, 2.45) is 5.92 Å². The van der Waals surface area contributed by atoms with Gasteiger partial charge in [-0.2, -0.15) is 5.26 Å². The number of hydrogen-bond acceptors (Lipinski definition) is 4. The van der Waals surface area contributed by atoms with Crippen LogP contribution in [0.25, 0.3) is 0 Å². The van der Waals surface area contributed by atoms with E-state index in [-0.39, 0.29) is 16.6 Å². The Morgan fingerprint density at radius 2 is 1.86 bits per heavy atom. The van der Waals surface area contributed by atoms with Gasteiger partial charge in [0.2, 0.25) is 10.0 Å². The maximum Gasteiger partial charge on any atom is 0.253 e. The third-order valence-corrected chi connectivity index (χ3v) is 6.57. The van der Waals surface area contributed by atoms with Gasteiger partial charge in [0.15, 0.2) is 0 Å². The SMILES string of the molecule is N#Cc1cccc(S(=O)(=O)NCCC2CCN(C(=O)c3ccc(F)cc3)CC2)c1. The smallest absolute Gasteiger partial charge is 0.253 e. The number of likely N-dealkylation sites (tertiary alicyclic amines) is 1. The number of nitrogens with zero attached hydrogens (tertiary/aromatic N) is 2. The van der Waals surface area contributed by atoms with E-state index in [9.17, 15) is 17.6 Å². The van der Waals surface area contributed by atoms with E-state index in [0.29, 0.717) is 43.1 Å². The van der Waals surface area contributed by atoms with Crippen LogP contribution in [-0.2, 0) is 10.0 Å². The maximum atomic E-state index is 13.0. The molecule has 2 aromatic carbocycles. The fourth-order valence-corrected chi connectivity index (χ4v) is 4.51. The highest BCUT2D eigenvalue weighted by Gasteiger charge is 2.24. The predicted octanol–water partition coefficient (Wildman–Crippen LogP) is 2.92. The lowest BCUT2D eigenvalue weighted by molar-refractivity contribution is 0.0687. The zero-order valence-corrected chi connectivity index (χ0v) is 16.7. The van der Waals surface area contributed by atoms with Crippen molar-refractivity contribution in [3.8, 4) is 6.07 Å². The van der Waals surface area contributed by atoms with Crippen LogP contribution in [0.4, 0.5) is 4.39 Å². The number of nitrogens with one attached hydrogen (secondary N) is 1. The molecule has 2 aromatic rings. The molecule has 0 saturated carbocycles. The Morgan fingerprint density at radius 3 is 2.52 bits per heavy atom. The van der Waals surface area contributed by atoms with E-state index in [1.54, 1.807) is 17.0 Å². The molecule has 1 aliphatic heterocycles. The van der Waals surface area contributed by atoms with Crippen LogP contribution in [0.1, 0.15) is 35.2 Å². The average molecular weight is 415 g/mol. The lowest BCUT2D eigenvalue weighted by atomic mass is 9.93. The van der Waals surface area contributed by atoms with Gasteiger partial charge in [0.25, 0.3) is 5.91 Å². The summed E-state index contributed by atoms with van der Waals surface area (Å²) in [5.74, 6) is -0.163. The number of amides is 1. The molecule has 0 aliphatic carbocycles. The Labute approximate surface area is 170 Å². The zero-order valence-electron chi connectivity index (χ0n) is 15.8. The molecule has 0 unspecified atom stereocenters. The number of sulfonamides is 1. The van der Waals surface area contributed by atoms with Crippen LogP contribution in [0.5, 0.6) is 0 Å². The van der Waals surface area contributed by atoms with Crippen molar-refractivity contribution < 1.29 is 17.6 Å². The molecule has 152 valence electrons. The number of carbonyl (C=O) groups is 1. The Morgan fingerprint density at radius 1 is 1.17 bits per heavy atom. The fraction of sp³-hybridized carbons (Fsp3) is 0.333. The highest BCUT2D eigenvalue weighted by molar-refractivity contribution is 7.89. The Kier molecular flexibility index (Phi) is 6.62. The molecule has 0 spiro atoms. The van der Waals surface area contributed by atoms with Gasteiger partial charge in [0.05, 0.1) is 16.5 Å². The Bertz CT molecular complexity index is 1010. The molecule has 3 rings (SSSR count). The average Bonchev–Trinajstić information content (AvgIpc) is 2.74. The predicted molar refractivity (Wildman–Crippen MR) is 106 cm³/mol. The van der Waals surface area contributed by atoms with Gasteiger partial charge in [0, 0.05) is 25.2 Å². The lowest BCUT2D eigenvalue weighted by Crippen LogP contribution is -2.39. The van der Waals surface area contributed by atoms with Gasteiger partial charge in [-0.1, -0.05) is 6.07 Å². The first kappa shape index (κ1) is 21.0. The summed E-state index contributed by atoms with van der Waals surface area (Å²) in [6.07, 6.45) is 2.26. The molecule has 1 heterocycles. The lowest BCUT2D eigenvalue weighted by Gasteiger charge is -2.32. The minimum Gasteiger partial charge on any atom is -0.339 e. The molecule has 8 heteroatoms. The number of carbonyl (C=O) groups excluding carboxylic acids is 1. The van der Waals surface area contributed by atoms with E-state index >= 15 is 0 Å². The van der Waals surface area contributed by atoms with Crippen molar-refractivity contribution in [2.75, 3.05) is 19.6 Å². The minimum absolute atomic E-state index is 0.0799. The van der Waals surface area contributed by atoms with Crippen molar-refractivity contribution in [3.63, 3.8) is 0 Å². The third kappa shape index (κ3) is 5.40. The summed E-state index contributed by atoms with van der Waals surface area (Å²) in [7, 11) is -3.65. The van der Waals surface area contributed by atoms with Crippen molar-refractivity contribution in [1.82, 2.24) is 9.62 Å². The summed E-state index contributed by atoms with van der Waals surface area (Å²) >= 11 is 0. The molecule has 1 N–H and O–H groups in total. The summed E-state index contributed by atoms with van der Waals surface area (Å²) < 4.78 is 40.3. The van der Waals surface area contributed by atoms with Gasteiger partial charge in [-0.25, -0.2) is 17.5 Å². The second-order valence-electron chi connectivity index (χ2n) is 7.07. The van der Waals surface area contributed by atoms with Gasteiger partial charge in [-0.05, 0) is 67.6 Å². The number of benzene rings is 2. The normalized spacial score (nSPS) is 15.1. The van der Waals surface area contributed by atoms with Gasteiger partial charge in [-0.3, -0.25) is 4.79 Å². The van der Waals surface area contributed by atoms with Gasteiger partial charge < -0.3 is 4.90 Å². The fourth-order valence-electron chi connectivity index (χ4n) is 3.41. The molecular formula is C21H22FN3O3S. The highest BCUT2D eigenvalue weighted by Crippen LogP contribution is 2.22. The summed E-state index contributed by atoms with van der Waals surface area (Å²) in [5, 5.41) is 8.91. The van der Waals surface area contributed by atoms with E-state index < -0.39 is 10.0 Å². The van der Waals surface area contributed by atoms with Crippen molar-refractivity contribution in [1.29, 1.82) is 5.26 Å². The third-order valence-electron chi connectivity index (χ3n) is 5.11. The van der Waals surface area contributed by atoms with Gasteiger partial charge in [-0.15, -0.1) is 0 Å². The van der Waals surface area contributed by atoms with E-state index in [1.165, 1.54) is 36.4 Å². The molecule has 1 saturated heterocycles. The first-order valence-electron chi connectivity index (χ1n) is 9.44. The summed E-state index contributed by atoms with van der Waals surface area (Å²) in [6, 6.07) is 13.4. The second kappa shape index (κ2) is 9.16. The van der Waals surface area contributed by atoms with E-state index in [0.717, 1.165) is 12.8 Å². The summed E-state index contributed by atoms with van der Waals surface area (Å²) in [6.45, 7) is 1.49. The Balaban J connectivity index is 1.47. The summed E-state index contributed by atoms with van der Waals surface area (Å²) in [5.41, 5.74) is 0.767. The number of rotatable bonds is 6. The molecule has 1 fully saturated rings.